The first-order chi connectivity index (χ1) is 15.2. The highest BCUT2D eigenvalue weighted by molar-refractivity contribution is 5.89. The summed E-state index contributed by atoms with van der Waals surface area (Å²) in [6.45, 7) is 8.46. The highest BCUT2D eigenvalue weighted by Gasteiger charge is 2.19. The lowest BCUT2D eigenvalue weighted by molar-refractivity contribution is 0.285. The molecule has 0 fully saturated rings. The van der Waals surface area contributed by atoms with Crippen molar-refractivity contribution in [1.82, 2.24) is 4.57 Å². The van der Waals surface area contributed by atoms with Crippen LogP contribution in [0.4, 0.5) is 0 Å². The molecule has 0 spiro atoms. The number of ether oxygens (including phenoxy) is 3. The summed E-state index contributed by atoms with van der Waals surface area (Å²) in [5.74, 6) is 1.66. The van der Waals surface area contributed by atoms with Gasteiger partial charge in [0.1, 0.15) is 5.75 Å². The summed E-state index contributed by atoms with van der Waals surface area (Å²) < 4.78 is 19.4. The van der Waals surface area contributed by atoms with E-state index in [-0.39, 0.29) is 5.56 Å². The number of unbranched alkanes of at least 4 members (excludes halogenated alkanes) is 7. The van der Waals surface area contributed by atoms with Crippen LogP contribution in [0.2, 0.25) is 0 Å². The van der Waals surface area contributed by atoms with E-state index in [9.17, 15) is 4.79 Å². The number of aryl methyl sites for hydroxylation is 1. The Bertz CT molecular complexity index is 843. The van der Waals surface area contributed by atoms with Gasteiger partial charge in [-0.3, -0.25) is 4.79 Å². The normalized spacial score (nSPS) is 11.1. The number of nitrogens with zero attached hydrogens (tertiary/aromatic N) is 1. The molecule has 0 aliphatic rings. The molecule has 0 amide bonds. The van der Waals surface area contributed by atoms with Crippen molar-refractivity contribution in [2.45, 2.75) is 91.5 Å². The maximum Gasteiger partial charge on any atom is 0.297 e. The molecule has 5 nitrogen and oxygen atoms in total. The van der Waals surface area contributed by atoms with Crippen molar-refractivity contribution < 1.29 is 14.2 Å². The lowest BCUT2D eigenvalue weighted by Gasteiger charge is -2.18. The minimum absolute atomic E-state index is 0.124. The highest BCUT2D eigenvalue weighted by atomic mass is 16.5. The van der Waals surface area contributed by atoms with Crippen molar-refractivity contribution in [2.24, 2.45) is 0 Å². The van der Waals surface area contributed by atoms with Crippen molar-refractivity contribution in [3.05, 3.63) is 28.6 Å². The number of fused-ring (bicyclic) bond motifs is 1. The van der Waals surface area contributed by atoms with Crippen molar-refractivity contribution >= 4 is 10.9 Å². The molecule has 1 aromatic heterocycles. The molecule has 2 aromatic rings. The summed E-state index contributed by atoms with van der Waals surface area (Å²) in [5.41, 5.74) is 0.737. The van der Waals surface area contributed by atoms with E-state index >= 15 is 0 Å². The predicted octanol–water partition coefficient (Wildman–Crippen LogP) is 6.73. The van der Waals surface area contributed by atoms with E-state index in [0.29, 0.717) is 31.3 Å². The van der Waals surface area contributed by atoms with Gasteiger partial charge in [0.25, 0.3) is 5.56 Å². The van der Waals surface area contributed by atoms with E-state index < -0.39 is 0 Å². The van der Waals surface area contributed by atoms with Crippen molar-refractivity contribution in [3.63, 3.8) is 0 Å². The maximum atomic E-state index is 13.3. The predicted molar refractivity (Wildman–Crippen MR) is 129 cm³/mol. The molecular formula is C26H41NO4. The van der Waals surface area contributed by atoms with Crippen LogP contribution in [-0.4, -0.2) is 24.9 Å². The molecule has 0 aliphatic carbocycles. The maximum absolute atomic E-state index is 13.3. The molecule has 0 aliphatic heterocycles. The number of hydrogen-bond donors (Lipinski definition) is 0. The Labute approximate surface area is 187 Å². The zero-order chi connectivity index (χ0) is 22.5. The second-order valence-electron chi connectivity index (χ2n) is 8.17. The largest absolute Gasteiger partial charge is 0.494 e. The van der Waals surface area contributed by atoms with E-state index in [1.54, 1.807) is 7.11 Å². The van der Waals surface area contributed by atoms with Crippen molar-refractivity contribution in [3.8, 4) is 17.2 Å². The fourth-order valence-electron chi connectivity index (χ4n) is 3.75. The lowest BCUT2D eigenvalue weighted by Crippen LogP contribution is -2.23. The van der Waals surface area contributed by atoms with E-state index in [1.807, 2.05) is 22.8 Å². The van der Waals surface area contributed by atoms with Gasteiger partial charge >= 0.3 is 0 Å². The van der Waals surface area contributed by atoms with Gasteiger partial charge in [-0.15, -0.1) is 0 Å². The number of benzene rings is 1. The smallest absolute Gasteiger partial charge is 0.297 e. The molecule has 2 rings (SSSR count). The fraction of sp³-hybridized carbons (Fsp3) is 0.654. The Kier molecular flexibility index (Phi) is 11.3. The van der Waals surface area contributed by atoms with E-state index in [0.717, 1.165) is 55.2 Å². The van der Waals surface area contributed by atoms with Gasteiger partial charge in [-0.1, -0.05) is 65.7 Å². The number of hydrogen-bond acceptors (Lipinski definition) is 4. The van der Waals surface area contributed by atoms with Crippen LogP contribution in [0.3, 0.4) is 0 Å². The van der Waals surface area contributed by atoms with Gasteiger partial charge in [-0.2, -0.15) is 0 Å². The third-order valence-corrected chi connectivity index (χ3v) is 5.60. The quantitative estimate of drug-likeness (QED) is 0.277. The summed E-state index contributed by atoms with van der Waals surface area (Å²) in [6.07, 6.45) is 11.0. The minimum Gasteiger partial charge on any atom is -0.494 e. The van der Waals surface area contributed by atoms with Crippen LogP contribution in [0.25, 0.3) is 10.9 Å². The highest BCUT2D eigenvalue weighted by Crippen LogP contribution is 2.35. The van der Waals surface area contributed by atoms with Crippen LogP contribution in [0, 0.1) is 0 Å². The fourth-order valence-corrected chi connectivity index (χ4v) is 3.75. The molecule has 0 saturated heterocycles. The summed E-state index contributed by atoms with van der Waals surface area (Å²) in [5, 5.41) is 0.908. The minimum atomic E-state index is -0.124. The van der Waals surface area contributed by atoms with Crippen molar-refractivity contribution in [2.75, 3.05) is 20.3 Å². The first-order valence-electron chi connectivity index (χ1n) is 12.2. The Morgan fingerprint density at radius 3 is 2.13 bits per heavy atom. The summed E-state index contributed by atoms with van der Waals surface area (Å²) in [7, 11) is 1.55. The average molecular weight is 432 g/mol. The third-order valence-electron chi connectivity index (χ3n) is 5.60. The molecule has 174 valence electrons. The van der Waals surface area contributed by atoms with Crippen LogP contribution < -0.4 is 19.8 Å². The van der Waals surface area contributed by atoms with Crippen LogP contribution in [0.5, 0.6) is 17.2 Å². The molecule has 0 saturated carbocycles. The molecular weight excluding hydrogens is 390 g/mol. The molecule has 1 aromatic carbocycles. The molecule has 5 heteroatoms. The summed E-state index contributed by atoms with van der Waals surface area (Å²) in [4.78, 5) is 13.3. The third kappa shape index (κ3) is 7.19. The Morgan fingerprint density at radius 1 is 0.774 bits per heavy atom. The van der Waals surface area contributed by atoms with Crippen LogP contribution >= 0.6 is 0 Å². The standard InChI is InChI=1S/C26H41NO4/c1-5-8-11-13-17-27-23-20-21(30-18-10-7-3)15-16-22(23)24(25(29-4)26(27)28)31-19-14-12-9-6-2/h15-16,20H,5-14,17-19H2,1-4H3. The van der Waals surface area contributed by atoms with Gasteiger partial charge in [0.15, 0.2) is 5.75 Å². The molecule has 1 heterocycles. The van der Waals surface area contributed by atoms with Gasteiger partial charge in [0.05, 0.1) is 25.8 Å². The monoisotopic (exact) mass is 431 g/mol. The topological polar surface area (TPSA) is 49.7 Å². The van der Waals surface area contributed by atoms with Crippen molar-refractivity contribution in [1.29, 1.82) is 0 Å². The Balaban J connectivity index is 2.42. The first-order valence-corrected chi connectivity index (χ1v) is 12.2. The van der Waals surface area contributed by atoms with E-state index in [1.165, 1.54) is 25.7 Å². The Morgan fingerprint density at radius 2 is 1.45 bits per heavy atom. The first kappa shape index (κ1) is 25.1. The number of rotatable bonds is 16. The average Bonchev–Trinajstić information content (AvgIpc) is 2.78. The van der Waals surface area contributed by atoms with Gasteiger partial charge in [0, 0.05) is 18.0 Å². The van der Waals surface area contributed by atoms with E-state index in [2.05, 4.69) is 20.8 Å². The number of pyridine rings is 1. The van der Waals surface area contributed by atoms with Crippen LogP contribution in [0.1, 0.15) is 85.0 Å². The van der Waals surface area contributed by atoms with E-state index in [4.69, 9.17) is 14.2 Å². The molecule has 0 unspecified atom stereocenters. The molecule has 31 heavy (non-hydrogen) atoms. The number of aromatic nitrogens is 1. The van der Waals surface area contributed by atoms with Gasteiger partial charge in [-0.25, -0.2) is 0 Å². The summed E-state index contributed by atoms with van der Waals surface area (Å²) in [6, 6.07) is 5.95. The van der Waals surface area contributed by atoms with Gasteiger partial charge < -0.3 is 18.8 Å². The Hall–Kier alpha value is -2.17. The van der Waals surface area contributed by atoms with Crippen LogP contribution in [0.15, 0.2) is 23.0 Å². The zero-order valence-corrected chi connectivity index (χ0v) is 20.0. The SMILES string of the molecule is CCCCCCOc1c(OC)c(=O)n(CCCCCC)c2cc(OCCCC)ccc12. The molecule has 0 bridgehead atoms. The van der Waals surface area contributed by atoms with Crippen LogP contribution in [-0.2, 0) is 6.54 Å². The molecule has 0 radical (unpaired) electrons. The van der Waals surface area contributed by atoms with Gasteiger partial charge in [-0.05, 0) is 31.4 Å². The summed E-state index contributed by atoms with van der Waals surface area (Å²) >= 11 is 0. The van der Waals surface area contributed by atoms with Gasteiger partial charge in [0.2, 0.25) is 5.75 Å². The number of methoxy groups -OCH3 is 1. The molecule has 0 atom stereocenters. The second-order valence-corrected chi connectivity index (χ2v) is 8.17. The lowest BCUT2D eigenvalue weighted by atomic mass is 10.1. The second kappa shape index (κ2) is 14.0. The molecule has 0 N–H and O–H groups in total. The zero-order valence-electron chi connectivity index (χ0n) is 20.0.